The van der Waals surface area contributed by atoms with Crippen molar-refractivity contribution in [2.24, 2.45) is 0 Å². The van der Waals surface area contributed by atoms with Crippen molar-refractivity contribution in [1.29, 1.82) is 0 Å². The molecule has 2 rings (SSSR count). The van der Waals surface area contributed by atoms with E-state index in [9.17, 15) is 5.11 Å². The Labute approximate surface area is 113 Å². The van der Waals surface area contributed by atoms with Gasteiger partial charge in [0.1, 0.15) is 5.75 Å². The van der Waals surface area contributed by atoms with E-state index in [0.717, 1.165) is 29.9 Å². The van der Waals surface area contributed by atoms with Gasteiger partial charge >= 0.3 is 0 Å². The molecule has 3 nitrogen and oxygen atoms in total. The number of aliphatic hydroxyl groups is 1. The number of thioether (sulfide) groups is 1. The van der Waals surface area contributed by atoms with Gasteiger partial charge in [0.15, 0.2) is 0 Å². The molecule has 1 aliphatic heterocycles. The highest BCUT2D eigenvalue weighted by Gasteiger charge is 2.24. The van der Waals surface area contributed by atoms with Crippen LogP contribution in [-0.2, 0) is 0 Å². The standard InChI is InChI=1S/C14H21NO2S/c1-2-6-17-12-8-11(9-15-10-12)14(16)13-5-3-4-7-18-13/h8-10,13-14,16H,2-7H2,1H3. The van der Waals surface area contributed by atoms with Crippen LogP contribution in [0.3, 0.4) is 0 Å². The maximum Gasteiger partial charge on any atom is 0.137 e. The zero-order chi connectivity index (χ0) is 12.8. The highest BCUT2D eigenvalue weighted by Crippen LogP contribution is 2.35. The minimum atomic E-state index is -0.423. The van der Waals surface area contributed by atoms with Crippen molar-refractivity contribution in [3.63, 3.8) is 0 Å². The highest BCUT2D eigenvalue weighted by molar-refractivity contribution is 7.99. The molecule has 0 aliphatic carbocycles. The maximum atomic E-state index is 10.4. The number of aliphatic hydroxyl groups excluding tert-OH is 1. The summed E-state index contributed by atoms with van der Waals surface area (Å²) >= 11 is 1.87. The first kappa shape index (κ1) is 13.7. The number of nitrogens with zero attached hydrogens (tertiary/aromatic N) is 1. The number of hydrogen-bond acceptors (Lipinski definition) is 4. The van der Waals surface area contributed by atoms with Gasteiger partial charge in [-0.3, -0.25) is 4.98 Å². The molecular weight excluding hydrogens is 246 g/mol. The van der Waals surface area contributed by atoms with Gasteiger partial charge in [0.2, 0.25) is 0 Å². The van der Waals surface area contributed by atoms with Crippen LogP contribution >= 0.6 is 11.8 Å². The molecule has 2 atom stereocenters. The summed E-state index contributed by atoms with van der Waals surface area (Å²) in [4.78, 5) is 4.16. The summed E-state index contributed by atoms with van der Waals surface area (Å²) in [6.45, 7) is 2.77. The summed E-state index contributed by atoms with van der Waals surface area (Å²) < 4.78 is 5.55. The molecule has 1 aromatic heterocycles. The van der Waals surface area contributed by atoms with Gasteiger partial charge in [-0.2, -0.15) is 11.8 Å². The summed E-state index contributed by atoms with van der Waals surface area (Å²) in [6, 6.07) is 1.92. The Hall–Kier alpha value is -0.740. The van der Waals surface area contributed by atoms with E-state index in [1.165, 1.54) is 12.8 Å². The summed E-state index contributed by atoms with van der Waals surface area (Å²) in [7, 11) is 0. The van der Waals surface area contributed by atoms with Crippen molar-refractivity contribution in [2.75, 3.05) is 12.4 Å². The molecule has 1 aromatic rings. The van der Waals surface area contributed by atoms with Gasteiger partial charge < -0.3 is 9.84 Å². The van der Waals surface area contributed by atoms with E-state index in [2.05, 4.69) is 11.9 Å². The van der Waals surface area contributed by atoms with Gasteiger partial charge in [-0.05, 0) is 31.1 Å². The lowest BCUT2D eigenvalue weighted by Crippen LogP contribution is -2.19. The van der Waals surface area contributed by atoms with E-state index in [0.29, 0.717) is 11.9 Å². The Morgan fingerprint density at radius 1 is 1.50 bits per heavy atom. The molecule has 18 heavy (non-hydrogen) atoms. The van der Waals surface area contributed by atoms with Gasteiger partial charge in [0, 0.05) is 17.0 Å². The quantitative estimate of drug-likeness (QED) is 0.889. The van der Waals surface area contributed by atoms with Gasteiger partial charge in [-0.25, -0.2) is 0 Å². The second kappa shape index (κ2) is 7.00. The Morgan fingerprint density at radius 3 is 3.11 bits per heavy atom. The zero-order valence-corrected chi connectivity index (χ0v) is 11.7. The van der Waals surface area contributed by atoms with E-state index in [-0.39, 0.29) is 0 Å². The van der Waals surface area contributed by atoms with Crippen LogP contribution in [-0.4, -0.2) is 27.7 Å². The normalized spacial score (nSPS) is 21.6. The molecule has 0 bridgehead atoms. The minimum absolute atomic E-state index is 0.307. The van der Waals surface area contributed by atoms with Crippen LogP contribution in [0.1, 0.15) is 44.3 Å². The lowest BCUT2D eigenvalue weighted by atomic mass is 10.0. The Balaban J connectivity index is 2.02. The van der Waals surface area contributed by atoms with Crippen LogP contribution in [0.4, 0.5) is 0 Å². The van der Waals surface area contributed by atoms with Crippen LogP contribution in [0, 0.1) is 0 Å². The second-order valence-corrected chi connectivity index (χ2v) is 6.00. The van der Waals surface area contributed by atoms with Crippen LogP contribution in [0.25, 0.3) is 0 Å². The van der Waals surface area contributed by atoms with E-state index in [1.54, 1.807) is 12.4 Å². The molecule has 0 spiro atoms. The maximum absolute atomic E-state index is 10.4. The molecule has 1 aliphatic rings. The van der Waals surface area contributed by atoms with Crippen molar-refractivity contribution in [2.45, 2.75) is 44.0 Å². The molecular formula is C14H21NO2S. The lowest BCUT2D eigenvalue weighted by Gasteiger charge is -2.26. The van der Waals surface area contributed by atoms with Gasteiger partial charge in [0.25, 0.3) is 0 Å². The molecule has 1 saturated heterocycles. The number of aromatic nitrogens is 1. The molecule has 0 amide bonds. The van der Waals surface area contributed by atoms with Crippen molar-refractivity contribution in [1.82, 2.24) is 4.98 Å². The second-order valence-electron chi connectivity index (χ2n) is 4.65. The van der Waals surface area contributed by atoms with E-state index in [1.807, 2.05) is 17.8 Å². The average molecular weight is 267 g/mol. The molecule has 0 radical (unpaired) electrons. The van der Waals surface area contributed by atoms with Crippen molar-refractivity contribution in [3.8, 4) is 5.75 Å². The Kier molecular flexibility index (Phi) is 5.32. The highest BCUT2D eigenvalue weighted by atomic mass is 32.2. The van der Waals surface area contributed by atoms with Gasteiger partial charge in [-0.15, -0.1) is 0 Å². The zero-order valence-electron chi connectivity index (χ0n) is 10.8. The third-order valence-corrected chi connectivity index (χ3v) is 4.56. The predicted molar refractivity (Wildman–Crippen MR) is 75.1 cm³/mol. The average Bonchev–Trinajstić information content (AvgIpc) is 2.45. The molecule has 2 unspecified atom stereocenters. The summed E-state index contributed by atoms with van der Waals surface area (Å²) in [5.41, 5.74) is 0.878. The fraction of sp³-hybridized carbons (Fsp3) is 0.643. The number of rotatable bonds is 5. The third-order valence-electron chi connectivity index (χ3n) is 3.12. The summed E-state index contributed by atoms with van der Waals surface area (Å²) in [6.07, 6.45) is 7.59. The van der Waals surface area contributed by atoms with Crippen LogP contribution in [0.15, 0.2) is 18.5 Å². The first-order valence-corrected chi connectivity index (χ1v) is 7.73. The topological polar surface area (TPSA) is 42.4 Å². The van der Waals surface area contributed by atoms with E-state index < -0.39 is 6.10 Å². The molecule has 0 aromatic carbocycles. The smallest absolute Gasteiger partial charge is 0.137 e. The summed E-state index contributed by atoms with van der Waals surface area (Å²) in [5, 5.41) is 10.7. The van der Waals surface area contributed by atoms with E-state index >= 15 is 0 Å². The van der Waals surface area contributed by atoms with Crippen molar-refractivity contribution >= 4 is 11.8 Å². The monoisotopic (exact) mass is 267 g/mol. The fourth-order valence-corrected chi connectivity index (χ4v) is 3.47. The summed E-state index contributed by atoms with van der Waals surface area (Å²) in [5.74, 6) is 1.91. The number of pyridine rings is 1. The Bertz CT molecular complexity index is 367. The Morgan fingerprint density at radius 2 is 2.39 bits per heavy atom. The number of ether oxygens (including phenoxy) is 1. The largest absolute Gasteiger partial charge is 0.492 e. The molecule has 1 N–H and O–H groups in total. The van der Waals surface area contributed by atoms with Crippen LogP contribution in [0.2, 0.25) is 0 Å². The fourth-order valence-electron chi connectivity index (χ4n) is 2.13. The molecule has 1 fully saturated rings. The van der Waals surface area contributed by atoms with E-state index in [4.69, 9.17) is 4.74 Å². The van der Waals surface area contributed by atoms with Gasteiger partial charge in [-0.1, -0.05) is 13.3 Å². The third kappa shape index (κ3) is 3.62. The van der Waals surface area contributed by atoms with Crippen molar-refractivity contribution in [3.05, 3.63) is 24.0 Å². The molecule has 4 heteroatoms. The number of hydrogen-bond donors (Lipinski definition) is 1. The first-order valence-electron chi connectivity index (χ1n) is 6.68. The molecule has 2 heterocycles. The molecule has 0 saturated carbocycles. The van der Waals surface area contributed by atoms with Crippen LogP contribution < -0.4 is 4.74 Å². The SMILES string of the molecule is CCCOc1cncc(C(O)C2CCCCS2)c1. The van der Waals surface area contributed by atoms with Crippen LogP contribution in [0.5, 0.6) is 5.75 Å². The minimum Gasteiger partial charge on any atom is -0.492 e. The predicted octanol–water partition coefficient (Wildman–Crippen LogP) is 3.19. The van der Waals surface area contributed by atoms with Crippen molar-refractivity contribution < 1.29 is 9.84 Å². The lowest BCUT2D eigenvalue weighted by molar-refractivity contribution is 0.167. The first-order chi connectivity index (χ1) is 8.81. The molecule has 100 valence electrons. The van der Waals surface area contributed by atoms with Gasteiger partial charge in [0.05, 0.1) is 18.9 Å².